The van der Waals surface area contributed by atoms with Crippen LogP contribution in [0.3, 0.4) is 0 Å². The Balaban J connectivity index is 2.54. The van der Waals surface area contributed by atoms with Crippen LogP contribution in [0.15, 0.2) is 17.8 Å². The van der Waals surface area contributed by atoms with Gasteiger partial charge in [-0.2, -0.15) is 0 Å². The highest BCUT2D eigenvalue weighted by Crippen LogP contribution is 2.36. The van der Waals surface area contributed by atoms with Gasteiger partial charge in [-0.15, -0.1) is 0 Å². The highest BCUT2D eigenvalue weighted by Gasteiger charge is 2.21. The second kappa shape index (κ2) is 3.72. The van der Waals surface area contributed by atoms with Gasteiger partial charge in [0.05, 0.1) is 9.95 Å². The number of benzene rings is 1. The molecule has 0 aromatic heterocycles. The van der Waals surface area contributed by atoms with E-state index in [4.69, 9.17) is 27.9 Å². The number of nitro groups is 1. The number of hydrogen-bond donors (Lipinski definition) is 0. The van der Waals surface area contributed by atoms with Gasteiger partial charge in [0.25, 0.3) is 5.70 Å². The van der Waals surface area contributed by atoms with Crippen molar-refractivity contribution in [3.8, 4) is 5.75 Å². The normalized spacial score (nSPS) is 13.9. The third-order valence-electron chi connectivity index (χ3n) is 1.96. The van der Waals surface area contributed by atoms with Crippen LogP contribution >= 0.6 is 23.2 Å². The van der Waals surface area contributed by atoms with E-state index in [-0.39, 0.29) is 12.3 Å². The fourth-order valence-corrected chi connectivity index (χ4v) is 1.88. The maximum absolute atomic E-state index is 10.5. The third-order valence-corrected chi connectivity index (χ3v) is 2.46. The molecule has 0 aliphatic carbocycles. The van der Waals surface area contributed by atoms with Crippen molar-refractivity contribution in [3.05, 3.63) is 43.6 Å². The molecule has 15 heavy (non-hydrogen) atoms. The molecule has 1 aliphatic heterocycles. The summed E-state index contributed by atoms with van der Waals surface area (Å²) in [6.45, 7) is -0.0820. The van der Waals surface area contributed by atoms with Gasteiger partial charge in [0, 0.05) is 16.7 Å². The number of fused-ring (bicyclic) bond motifs is 1. The molecule has 0 N–H and O–H groups in total. The standard InChI is InChI=1S/C9H5Cl2NO3/c10-6-1-5-2-7(12(13)14)4-15-9(5)8(11)3-6/h1-3H,4H2. The first-order valence-corrected chi connectivity index (χ1v) is 4.80. The molecule has 0 saturated heterocycles. The summed E-state index contributed by atoms with van der Waals surface area (Å²) in [6.07, 6.45) is 1.41. The quantitative estimate of drug-likeness (QED) is 0.565. The first-order chi connectivity index (χ1) is 7.08. The molecule has 78 valence electrons. The summed E-state index contributed by atoms with van der Waals surface area (Å²) >= 11 is 11.6. The lowest BCUT2D eigenvalue weighted by atomic mass is 10.1. The molecule has 1 heterocycles. The molecule has 0 bridgehead atoms. The Morgan fingerprint density at radius 2 is 2.13 bits per heavy atom. The van der Waals surface area contributed by atoms with E-state index in [1.54, 1.807) is 6.07 Å². The van der Waals surface area contributed by atoms with E-state index in [0.29, 0.717) is 21.4 Å². The van der Waals surface area contributed by atoms with Crippen molar-refractivity contribution in [2.45, 2.75) is 0 Å². The predicted molar refractivity (Wildman–Crippen MR) is 56.9 cm³/mol. The molecule has 4 nitrogen and oxygen atoms in total. The van der Waals surface area contributed by atoms with Crippen molar-refractivity contribution in [3.63, 3.8) is 0 Å². The zero-order chi connectivity index (χ0) is 11.0. The molecule has 0 spiro atoms. The third kappa shape index (κ3) is 1.91. The molecule has 1 aliphatic rings. The zero-order valence-corrected chi connectivity index (χ0v) is 8.88. The highest BCUT2D eigenvalue weighted by atomic mass is 35.5. The van der Waals surface area contributed by atoms with E-state index in [2.05, 4.69) is 0 Å². The van der Waals surface area contributed by atoms with Gasteiger partial charge in [0.2, 0.25) is 0 Å². The van der Waals surface area contributed by atoms with Crippen LogP contribution in [0.25, 0.3) is 6.08 Å². The van der Waals surface area contributed by atoms with Crippen LogP contribution in [0.4, 0.5) is 0 Å². The summed E-state index contributed by atoms with van der Waals surface area (Å²) in [4.78, 5) is 10.0. The Bertz CT molecular complexity index is 471. The van der Waals surface area contributed by atoms with Gasteiger partial charge in [-0.1, -0.05) is 23.2 Å². The molecule has 1 aromatic rings. The lowest BCUT2D eigenvalue weighted by Gasteiger charge is -2.14. The van der Waals surface area contributed by atoms with Gasteiger partial charge in [-0.05, 0) is 12.1 Å². The molecule has 0 amide bonds. The first-order valence-electron chi connectivity index (χ1n) is 4.05. The second-order valence-corrected chi connectivity index (χ2v) is 3.83. The molecule has 2 rings (SSSR count). The number of ether oxygens (including phenoxy) is 1. The summed E-state index contributed by atoms with van der Waals surface area (Å²) in [7, 11) is 0. The van der Waals surface area contributed by atoms with Crippen LogP contribution in [0.5, 0.6) is 5.75 Å². The van der Waals surface area contributed by atoms with Crippen molar-refractivity contribution in [2.24, 2.45) is 0 Å². The summed E-state index contributed by atoms with van der Waals surface area (Å²) in [5.41, 5.74) is 0.520. The molecular weight excluding hydrogens is 241 g/mol. The van der Waals surface area contributed by atoms with Crippen LogP contribution in [0, 0.1) is 10.1 Å². The van der Waals surface area contributed by atoms with E-state index in [1.165, 1.54) is 12.1 Å². The van der Waals surface area contributed by atoms with Crippen LogP contribution in [-0.2, 0) is 0 Å². The average Bonchev–Trinajstić information content (AvgIpc) is 2.16. The SMILES string of the molecule is O=[N+]([O-])C1=Cc2cc(Cl)cc(Cl)c2OC1. The minimum atomic E-state index is -0.488. The minimum absolute atomic E-state index is 0.0131. The van der Waals surface area contributed by atoms with Gasteiger partial charge in [-0.25, -0.2) is 0 Å². The van der Waals surface area contributed by atoms with Crippen LogP contribution in [-0.4, -0.2) is 11.5 Å². The summed E-state index contributed by atoms with van der Waals surface area (Å²) in [6, 6.07) is 3.11. The predicted octanol–water partition coefficient (Wildman–Crippen LogP) is 3.00. The largest absolute Gasteiger partial charge is 0.480 e. The first kappa shape index (κ1) is 10.3. The van der Waals surface area contributed by atoms with Gasteiger partial charge in [0.15, 0.2) is 6.61 Å². The number of rotatable bonds is 1. The summed E-state index contributed by atoms with van der Waals surface area (Å²) in [5.74, 6) is 0.437. The lowest BCUT2D eigenvalue weighted by molar-refractivity contribution is -0.427. The van der Waals surface area contributed by atoms with Gasteiger partial charge in [0.1, 0.15) is 5.75 Å². The number of nitrogens with zero attached hydrogens (tertiary/aromatic N) is 1. The topological polar surface area (TPSA) is 52.4 Å². The fraction of sp³-hybridized carbons (Fsp3) is 0.111. The van der Waals surface area contributed by atoms with E-state index < -0.39 is 4.92 Å². The molecule has 0 unspecified atom stereocenters. The Hall–Kier alpha value is -1.26. The highest BCUT2D eigenvalue weighted by molar-refractivity contribution is 6.35. The van der Waals surface area contributed by atoms with E-state index in [1.807, 2.05) is 0 Å². The number of hydrogen-bond acceptors (Lipinski definition) is 3. The maximum atomic E-state index is 10.5. The molecule has 6 heteroatoms. The van der Waals surface area contributed by atoms with Crippen LogP contribution in [0.1, 0.15) is 5.56 Å². The Kier molecular flexibility index (Phi) is 2.54. The Morgan fingerprint density at radius 3 is 2.80 bits per heavy atom. The van der Waals surface area contributed by atoms with Gasteiger partial charge in [-0.3, -0.25) is 10.1 Å². The minimum Gasteiger partial charge on any atom is -0.480 e. The molecule has 0 atom stereocenters. The second-order valence-electron chi connectivity index (χ2n) is 2.99. The molecule has 0 fully saturated rings. The molecule has 0 radical (unpaired) electrons. The van der Waals surface area contributed by atoms with Crippen molar-refractivity contribution in [2.75, 3.05) is 6.61 Å². The fourth-order valence-electron chi connectivity index (χ4n) is 1.31. The van der Waals surface area contributed by atoms with E-state index >= 15 is 0 Å². The van der Waals surface area contributed by atoms with Crippen LogP contribution < -0.4 is 4.74 Å². The van der Waals surface area contributed by atoms with Gasteiger partial charge < -0.3 is 4.74 Å². The lowest BCUT2D eigenvalue weighted by Crippen LogP contribution is -2.13. The Morgan fingerprint density at radius 1 is 1.40 bits per heavy atom. The summed E-state index contributed by atoms with van der Waals surface area (Å²) < 4.78 is 5.18. The van der Waals surface area contributed by atoms with Crippen LogP contribution in [0.2, 0.25) is 10.0 Å². The van der Waals surface area contributed by atoms with Crippen molar-refractivity contribution in [1.82, 2.24) is 0 Å². The van der Waals surface area contributed by atoms with E-state index in [0.717, 1.165) is 0 Å². The zero-order valence-electron chi connectivity index (χ0n) is 7.37. The molecule has 0 saturated carbocycles. The van der Waals surface area contributed by atoms with Crippen molar-refractivity contribution < 1.29 is 9.66 Å². The monoisotopic (exact) mass is 245 g/mol. The van der Waals surface area contributed by atoms with E-state index in [9.17, 15) is 10.1 Å². The number of halogens is 2. The maximum Gasteiger partial charge on any atom is 0.284 e. The van der Waals surface area contributed by atoms with Gasteiger partial charge >= 0.3 is 0 Å². The summed E-state index contributed by atoms with van der Waals surface area (Å²) in [5, 5.41) is 11.3. The average molecular weight is 246 g/mol. The smallest absolute Gasteiger partial charge is 0.284 e. The molecule has 1 aromatic carbocycles. The van der Waals surface area contributed by atoms with Crippen molar-refractivity contribution in [1.29, 1.82) is 0 Å². The van der Waals surface area contributed by atoms with Crippen molar-refractivity contribution >= 4 is 29.3 Å². The Labute approximate surface area is 95.2 Å². The molecular formula is C9H5Cl2NO3.